The fourth-order valence-corrected chi connectivity index (χ4v) is 2.63. The lowest BCUT2D eigenvalue weighted by atomic mass is 10.0. The van der Waals surface area contributed by atoms with Crippen molar-refractivity contribution in [1.29, 1.82) is 0 Å². The van der Waals surface area contributed by atoms with E-state index in [2.05, 4.69) is 4.98 Å². The summed E-state index contributed by atoms with van der Waals surface area (Å²) < 4.78 is 11.2. The van der Waals surface area contributed by atoms with Crippen molar-refractivity contribution in [2.45, 2.75) is 26.3 Å². The second kappa shape index (κ2) is 7.26. The standard InChI is InChI=1S/C15H20N2O2S/c1-3-18-14-6-5-11(7-15(14)19-4-2)13(16)8-12-9-17-10-20-12/h5-7,9-10,13H,3-4,8,16H2,1-2H3. The molecule has 20 heavy (non-hydrogen) atoms. The van der Waals surface area contributed by atoms with Crippen LogP contribution in [-0.4, -0.2) is 18.2 Å². The Balaban J connectivity index is 2.16. The number of aromatic nitrogens is 1. The largest absolute Gasteiger partial charge is 0.490 e. The molecular weight excluding hydrogens is 272 g/mol. The van der Waals surface area contributed by atoms with Crippen LogP contribution in [-0.2, 0) is 6.42 Å². The molecule has 0 spiro atoms. The summed E-state index contributed by atoms with van der Waals surface area (Å²) >= 11 is 1.62. The first-order chi connectivity index (χ1) is 9.74. The van der Waals surface area contributed by atoms with E-state index in [1.54, 1.807) is 11.3 Å². The van der Waals surface area contributed by atoms with Gasteiger partial charge < -0.3 is 15.2 Å². The van der Waals surface area contributed by atoms with Crippen LogP contribution in [0.1, 0.15) is 30.3 Å². The highest BCUT2D eigenvalue weighted by Gasteiger charge is 2.12. The predicted octanol–water partition coefficient (Wildman–Crippen LogP) is 3.18. The quantitative estimate of drug-likeness (QED) is 0.851. The van der Waals surface area contributed by atoms with Crippen LogP contribution in [0.3, 0.4) is 0 Å². The Hall–Kier alpha value is -1.59. The minimum atomic E-state index is -0.0645. The van der Waals surface area contributed by atoms with Crippen molar-refractivity contribution in [3.05, 3.63) is 40.3 Å². The van der Waals surface area contributed by atoms with Gasteiger partial charge in [0.2, 0.25) is 0 Å². The Labute approximate surface area is 123 Å². The van der Waals surface area contributed by atoms with Gasteiger partial charge in [0.15, 0.2) is 11.5 Å². The van der Waals surface area contributed by atoms with Crippen LogP contribution < -0.4 is 15.2 Å². The highest BCUT2D eigenvalue weighted by Crippen LogP contribution is 2.31. The van der Waals surface area contributed by atoms with E-state index in [1.807, 2.05) is 43.8 Å². The summed E-state index contributed by atoms with van der Waals surface area (Å²) in [4.78, 5) is 5.26. The van der Waals surface area contributed by atoms with E-state index in [4.69, 9.17) is 15.2 Å². The maximum atomic E-state index is 6.26. The van der Waals surface area contributed by atoms with Crippen molar-refractivity contribution >= 4 is 11.3 Å². The molecule has 2 N–H and O–H groups in total. The third-order valence-electron chi connectivity index (χ3n) is 2.90. The summed E-state index contributed by atoms with van der Waals surface area (Å²) in [5.74, 6) is 1.52. The zero-order valence-electron chi connectivity index (χ0n) is 11.8. The topological polar surface area (TPSA) is 57.4 Å². The minimum absolute atomic E-state index is 0.0645. The smallest absolute Gasteiger partial charge is 0.161 e. The maximum absolute atomic E-state index is 6.26. The first-order valence-electron chi connectivity index (χ1n) is 6.77. The molecule has 1 atom stereocenters. The molecule has 0 aliphatic rings. The van der Waals surface area contributed by atoms with E-state index < -0.39 is 0 Å². The van der Waals surface area contributed by atoms with E-state index in [0.717, 1.165) is 23.5 Å². The minimum Gasteiger partial charge on any atom is -0.490 e. The van der Waals surface area contributed by atoms with Gasteiger partial charge in [0.25, 0.3) is 0 Å². The Morgan fingerprint density at radius 3 is 2.60 bits per heavy atom. The molecule has 4 nitrogen and oxygen atoms in total. The van der Waals surface area contributed by atoms with E-state index in [9.17, 15) is 0 Å². The van der Waals surface area contributed by atoms with Gasteiger partial charge in [-0.05, 0) is 31.5 Å². The van der Waals surface area contributed by atoms with Crippen molar-refractivity contribution in [2.75, 3.05) is 13.2 Å². The number of hydrogen-bond acceptors (Lipinski definition) is 5. The number of hydrogen-bond donors (Lipinski definition) is 1. The first kappa shape index (κ1) is 14.8. The Bertz CT molecular complexity index is 529. The van der Waals surface area contributed by atoms with Gasteiger partial charge in [-0.3, -0.25) is 4.98 Å². The molecule has 2 aromatic rings. The molecule has 0 radical (unpaired) electrons. The molecule has 0 amide bonds. The lowest BCUT2D eigenvalue weighted by molar-refractivity contribution is 0.287. The molecule has 2 rings (SSSR count). The SMILES string of the molecule is CCOc1ccc(C(N)Cc2cncs2)cc1OCC. The van der Waals surface area contributed by atoms with Crippen LogP contribution in [0.25, 0.3) is 0 Å². The Morgan fingerprint density at radius 1 is 1.20 bits per heavy atom. The molecular formula is C15H20N2O2S. The van der Waals surface area contributed by atoms with Gasteiger partial charge in [-0.25, -0.2) is 0 Å². The van der Waals surface area contributed by atoms with Crippen LogP contribution in [0.5, 0.6) is 11.5 Å². The lowest BCUT2D eigenvalue weighted by Crippen LogP contribution is -2.13. The van der Waals surface area contributed by atoms with Crippen LogP contribution in [0.15, 0.2) is 29.9 Å². The summed E-state index contributed by atoms with van der Waals surface area (Å²) in [5.41, 5.74) is 9.13. The molecule has 0 aliphatic heterocycles. The summed E-state index contributed by atoms with van der Waals surface area (Å²) in [7, 11) is 0. The third kappa shape index (κ3) is 3.71. The van der Waals surface area contributed by atoms with Crippen molar-refractivity contribution in [2.24, 2.45) is 5.73 Å². The maximum Gasteiger partial charge on any atom is 0.161 e. The molecule has 108 valence electrons. The average molecular weight is 292 g/mol. The molecule has 0 saturated carbocycles. The number of nitrogens with zero attached hydrogens (tertiary/aromatic N) is 1. The molecule has 1 heterocycles. The monoisotopic (exact) mass is 292 g/mol. The van der Waals surface area contributed by atoms with Gasteiger partial charge in [0, 0.05) is 23.5 Å². The van der Waals surface area contributed by atoms with E-state index >= 15 is 0 Å². The fourth-order valence-electron chi connectivity index (χ4n) is 1.98. The molecule has 1 aromatic carbocycles. The number of thiazole rings is 1. The number of nitrogens with two attached hydrogens (primary N) is 1. The van der Waals surface area contributed by atoms with Crippen LogP contribution in [0, 0.1) is 0 Å². The van der Waals surface area contributed by atoms with E-state index in [0.29, 0.717) is 13.2 Å². The average Bonchev–Trinajstić information content (AvgIpc) is 2.94. The van der Waals surface area contributed by atoms with Gasteiger partial charge in [0.1, 0.15) is 0 Å². The summed E-state index contributed by atoms with van der Waals surface area (Å²) in [6.07, 6.45) is 2.65. The molecule has 1 aromatic heterocycles. The number of benzene rings is 1. The number of ether oxygens (including phenoxy) is 2. The Morgan fingerprint density at radius 2 is 1.95 bits per heavy atom. The zero-order valence-corrected chi connectivity index (χ0v) is 12.7. The fraction of sp³-hybridized carbons (Fsp3) is 0.400. The molecule has 0 bridgehead atoms. The van der Waals surface area contributed by atoms with Crippen molar-refractivity contribution < 1.29 is 9.47 Å². The zero-order chi connectivity index (χ0) is 14.4. The van der Waals surface area contributed by atoms with Gasteiger partial charge in [-0.1, -0.05) is 6.07 Å². The van der Waals surface area contributed by atoms with Gasteiger partial charge in [-0.2, -0.15) is 0 Å². The first-order valence-corrected chi connectivity index (χ1v) is 7.65. The molecule has 0 fully saturated rings. The summed E-state index contributed by atoms with van der Waals surface area (Å²) in [6, 6.07) is 5.83. The van der Waals surface area contributed by atoms with Crippen LogP contribution in [0.4, 0.5) is 0 Å². The van der Waals surface area contributed by atoms with Gasteiger partial charge >= 0.3 is 0 Å². The highest BCUT2D eigenvalue weighted by molar-refractivity contribution is 7.09. The summed E-state index contributed by atoms with van der Waals surface area (Å²) in [5, 5.41) is 0. The Kier molecular flexibility index (Phi) is 5.38. The lowest BCUT2D eigenvalue weighted by Gasteiger charge is -2.15. The molecule has 0 aliphatic carbocycles. The molecule has 5 heteroatoms. The van der Waals surface area contributed by atoms with Crippen molar-refractivity contribution in [1.82, 2.24) is 4.98 Å². The van der Waals surface area contributed by atoms with Crippen LogP contribution >= 0.6 is 11.3 Å². The van der Waals surface area contributed by atoms with E-state index in [1.165, 1.54) is 4.88 Å². The van der Waals surface area contributed by atoms with Crippen LogP contribution in [0.2, 0.25) is 0 Å². The summed E-state index contributed by atoms with van der Waals surface area (Å²) in [6.45, 7) is 5.14. The normalized spacial score (nSPS) is 12.2. The van der Waals surface area contributed by atoms with Gasteiger partial charge in [0.05, 0.1) is 18.7 Å². The molecule has 1 unspecified atom stereocenters. The van der Waals surface area contributed by atoms with Crippen molar-refractivity contribution in [3.63, 3.8) is 0 Å². The third-order valence-corrected chi connectivity index (χ3v) is 3.70. The second-order valence-corrected chi connectivity index (χ2v) is 5.32. The number of rotatable bonds is 7. The highest BCUT2D eigenvalue weighted by atomic mass is 32.1. The predicted molar refractivity (Wildman–Crippen MR) is 81.5 cm³/mol. The van der Waals surface area contributed by atoms with Crippen molar-refractivity contribution in [3.8, 4) is 11.5 Å². The molecule has 0 saturated heterocycles. The van der Waals surface area contributed by atoms with Gasteiger partial charge in [-0.15, -0.1) is 11.3 Å². The van der Waals surface area contributed by atoms with E-state index in [-0.39, 0.29) is 6.04 Å². The second-order valence-electron chi connectivity index (χ2n) is 4.35.